The fraction of sp³-hybridized carbons (Fsp3) is 0.667. The Morgan fingerprint density at radius 3 is 2.16 bits per heavy atom. The van der Waals surface area contributed by atoms with Crippen molar-refractivity contribution in [1.29, 1.82) is 10.5 Å². The van der Waals surface area contributed by atoms with Gasteiger partial charge in [0.1, 0.15) is 17.7 Å². The third-order valence-corrected chi connectivity index (χ3v) is 5.48. The summed E-state index contributed by atoms with van der Waals surface area (Å²) in [5.74, 6) is 3.18. The summed E-state index contributed by atoms with van der Waals surface area (Å²) in [5, 5.41) is 22.7. The van der Waals surface area contributed by atoms with Gasteiger partial charge in [-0.15, -0.1) is 0 Å². The minimum Gasteiger partial charge on any atom is -0.250 e. The molecule has 4 aliphatic rings. The van der Waals surface area contributed by atoms with Crippen LogP contribution in [0.25, 0.3) is 0 Å². The summed E-state index contributed by atoms with van der Waals surface area (Å²) in [6.45, 7) is 0. The van der Waals surface area contributed by atoms with Crippen LogP contribution in [0.4, 0.5) is 0 Å². The average Bonchev–Trinajstić information content (AvgIpc) is 2.80. The van der Waals surface area contributed by atoms with Crippen LogP contribution >= 0.6 is 0 Å². The van der Waals surface area contributed by atoms with Gasteiger partial charge < -0.3 is 0 Å². The molecule has 0 aromatic carbocycles. The van der Waals surface area contributed by atoms with Crippen LogP contribution in [-0.2, 0) is 0 Å². The van der Waals surface area contributed by atoms with Crippen molar-refractivity contribution in [3.8, 4) is 12.1 Å². The Kier molecular flexibility index (Phi) is 2.23. The van der Waals surface area contributed by atoms with Gasteiger partial charge in [-0.1, -0.05) is 0 Å². The van der Waals surface area contributed by atoms with E-state index in [1.165, 1.54) is 32.1 Å². The molecule has 4 fully saturated rings. The van der Waals surface area contributed by atoms with Gasteiger partial charge >= 0.3 is 0 Å². The Bertz CT molecular complexity index is 573. The van der Waals surface area contributed by atoms with E-state index in [1.807, 2.05) is 4.68 Å². The molecule has 0 atom stereocenters. The summed E-state index contributed by atoms with van der Waals surface area (Å²) in [7, 11) is 0. The lowest BCUT2D eigenvalue weighted by Crippen LogP contribution is -2.46. The van der Waals surface area contributed by atoms with Crippen molar-refractivity contribution in [2.75, 3.05) is 0 Å². The molecular formula is C15H16N4. The van der Waals surface area contributed by atoms with Gasteiger partial charge in [0, 0.05) is 0 Å². The molecule has 0 spiro atoms. The van der Waals surface area contributed by atoms with Crippen LogP contribution in [0, 0.1) is 46.3 Å². The van der Waals surface area contributed by atoms with Gasteiger partial charge in [0.15, 0.2) is 5.69 Å². The molecule has 4 aliphatic carbocycles. The zero-order valence-electron chi connectivity index (χ0n) is 10.8. The molecule has 0 N–H and O–H groups in total. The fourth-order valence-electron chi connectivity index (χ4n) is 5.08. The Balaban J connectivity index is 1.76. The molecule has 0 radical (unpaired) electrons. The van der Waals surface area contributed by atoms with Gasteiger partial charge in [0.2, 0.25) is 0 Å². The summed E-state index contributed by atoms with van der Waals surface area (Å²) in [4.78, 5) is 0. The molecular weight excluding hydrogens is 236 g/mol. The second-order valence-electron chi connectivity index (χ2n) is 6.50. The molecule has 0 unspecified atom stereocenters. The highest BCUT2D eigenvalue weighted by molar-refractivity contribution is 5.40. The summed E-state index contributed by atoms with van der Waals surface area (Å²) >= 11 is 0. The highest BCUT2D eigenvalue weighted by Gasteiger charge is 2.49. The van der Waals surface area contributed by atoms with Gasteiger partial charge in [0.25, 0.3) is 0 Å². The van der Waals surface area contributed by atoms with Crippen LogP contribution in [0.5, 0.6) is 0 Å². The van der Waals surface area contributed by atoms with Gasteiger partial charge in [-0.25, -0.2) is 4.68 Å². The van der Waals surface area contributed by atoms with E-state index in [0.717, 1.165) is 11.8 Å². The van der Waals surface area contributed by atoms with Gasteiger partial charge in [-0.2, -0.15) is 15.6 Å². The second-order valence-corrected chi connectivity index (χ2v) is 6.50. The molecule has 4 heteroatoms. The van der Waals surface area contributed by atoms with E-state index >= 15 is 0 Å². The van der Waals surface area contributed by atoms with Crippen LogP contribution in [0.15, 0.2) is 6.20 Å². The minimum atomic E-state index is 0.365. The Morgan fingerprint density at radius 2 is 1.63 bits per heavy atom. The van der Waals surface area contributed by atoms with Gasteiger partial charge in [0.05, 0.1) is 12.2 Å². The zero-order chi connectivity index (χ0) is 13.0. The Hall–Kier alpha value is -1.81. The highest BCUT2D eigenvalue weighted by Crippen LogP contribution is 2.58. The number of hydrogen-bond donors (Lipinski definition) is 0. The molecule has 0 aliphatic heterocycles. The molecule has 1 heterocycles. The number of nitriles is 2. The third-order valence-electron chi connectivity index (χ3n) is 5.48. The van der Waals surface area contributed by atoms with Crippen molar-refractivity contribution in [2.24, 2.45) is 23.7 Å². The van der Waals surface area contributed by atoms with Crippen molar-refractivity contribution in [3.63, 3.8) is 0 Å². The number of hydrogen-bond acceptors (Lipinski definition) is 3. The molecule has 4 nitrogen and oxygen atoms in total. The first-order valence-corrected chi connectivity index (χ1v) is 7.18. The van der Waals surface area contributed by atoms with Gasteiger partial charge in [-0.05, 0) is 55.8 Å². The molecule has 96 valence electrons. The molecule has 0 saturated heterocycles. The SMILES string of the molecule is N#Cc1cnn(C2C3CC4CC(C3)CC2C4)c1C#N. The molecule has 0 amide bonds. The third kappa shape index (κ3) is 1.46. The molecule has 1 aromatic heterocycles. The number of nitrogens with zero attached hydrogens (tertiary/aromatic N) is 4. The Morgan fingerprint density at radius 1 is 1.00 bits per heavy atom. The zero-order valence-corrected chi connectivity index (χ0v) is 10.8. The number of aromatic nitrogens is 2. The standard InChI is InChI=1S/C15H16N4/c16-6-13-8-18-19(14(13)7-17)15-11-2-9-1-10(4-11)5-12(15)3-9/h8-12,15H,1-5H2. The quantitative estimate of drug-likeness (QED) is 0.771. The van der Waals surface area contributed by atoms with Crippen LogP contribution in [-0.4, -0.2) is 9.78 Å². The topological polar surface area (TPSA) is 65.4 Å². The lowest BCUT2D eigenvalue weighted by molar-refractivity contribution is -0.0339. The molecule has 19 heavy (non-hydrogen) atoms. The van der Waals surface area contributed by atoms with Crippen LogP contribution in [0.3, 0.4) is 0 Å². The first-order chi connectivity index (χ1) is 9.30. The van der Waals surface area contributed by atoms with Crippen molar-refractivity contribution in [3.05, 3.63) is 17.5 Å². The van der Waals surface area contributed by atoms with E-state index in [-0.39, 0.29) is 0 Å². The lowest BCUT2D eigenvalue weighted by Gasteiger charge is -2.54. The summed E-state index contributed by atoms with van der Waals surface area (Å²) in [6, 6.07) is 4.63. The molecule has 1 aromatic rings. The van der Waals surface area contributed by atoms with Crippen molar-refractivity contribution in [2.45, 2.75) is 38.1 Å². The minimum absolute atomic E-state index is 0.365. The fourth-order valence-corrected chi connectivity index (χ4v) is 5.08. The first kappa shape index (κ1) is 11.1. The maximum Gasteiger partial charge on any atom is 0.156 e. The monoisotopic (exact) mass is 252 g/mol. The first-order valence-electron chi connectivity index (χ1n) is 7.18. The van der Waals surface area contributed by atoms with E-state index in [2.05, 4.69) is 17.2 Å². The average molecular weight is 252 g/mol. The van der Waals surface area contributed by atoms with E-state index in [0.29, 0.717) is 29.1 Å². The summed E-state index contributed by atoms with van der Waals surface area (Å²) in [6.07, 6.45) is 8.17. The largest absolute Gasteiger partial charge is 0.250 e. The second kappa shape index (κ2) is 3.84. The predicted octanol–water partition coefficient (Wildman–Crippen LogP) is 2.62. The van der Waals surface area contributed by atoms with E-state index in [4.69, 9.17) is 5.26 Å². The van der Waals surface area contributed by atoms with Crippen LogP contribution in [0.1, 0.15) is 49.4 Å². The van der Waals surface area contributed by atoms with E-state index in [1.54, 1.807) is 6.20 Å². The van der Waals surface area contributed by atoms with Crippen LogP contribution < -0.4 is 0 Å². The summed E-state index contributed by atoms with van der Waals surface area (Å²) in [5.41, 5.74) is 0.899. The van der Waals surface area contributed by atoms with Crippen molar-refractivity contribution in [1.82, 2.24) is 9.78 Å². The predicted molar refractivity (Wildman–Crippen MR) is 67.7 cm³/mol. The normalized spacial score (nSPS) is 38.9. The Labute approximate surface area is 112 Å². The van der Waals surface area contributed by atoms with Crippen molar-refractivity contribution < 1.29 is 0 Å². The van der Waals surface area contributed by atoms with Crippen LogP contribution in [0.2, 0.25) is 0 Å². The highest BCUT2D eigenvalue weighted by atomic mass is 15.3. The maximum atomic E-state index is 9.31. The van der Waals surface area contributed by atoms with E-state index in [9.17, 15) is 5.26 Å². The molecule has 4 bridgehead atoms. The lowest BCUT2D eigenvalue weighted by atomic mass is 9.54. The summed E-state index contributed by atoms with van der Waals surface area (Å²) < 4.78 is 1.88. The molecule has 4 saturated carbocycles. The number of rotatable bonds is 1. The molecule has 5 rings (SSSR count). The van der Waals surface area contributed by atoms with Gasteiger partial charge in [-0.3, -0.25) is 0 Å². The smallest absolute Gasteiger partial charge is 0.156 e. The van der Waals surface area contributed by atoms with E-state index < -0.39 is 0 Å². The maximum absolute atomic E-state index is 9.31. The van der Waals surface area contributed by atoms with Crippen molar-refractivity contribution >= 4 is 0 Å².